The Morgan fingerprint density at radius 2 is 1.62 bits per heavy atom. The monoisotopic (exact) mass is 404 g/mol. The average molecular weight is 405 g/mol. The predicted octanol–water partition coefficient (Wildman–Crippen LogP) is 5.10. The van der Waals surface area contributed by atoms with Gasteiger partial charge in [-0.3, -0.25) is 0 Å². The molecule has 0 amide bonds. The highest BCUT2D eigenvalue weighted by molar-refractivity contribution is 7.89. The van der Waals surface area contributed by atoms with E-state index in [1.165, 1.54) is 9.98 Å². The Morgan fingerprint density at radius 1 is 0.931 bits per heavy atom. The van der Waals surface area contributed by atoms with E-state index in [4.69, 9.17) is 0 Å². The summed E-state index contributed by atoms with van der Waals surface area (Å²) in [5, 5.41) is 4.51. The third-order valence-corrected chi connectivity index (χ3v) is 7.00. The second-order valence-corrected chi connectivity index (χ2v) is 9.15. The molecule has 0 radical (unpaired) electrons. The lowest BCUT2D eigenvalue weighted by Crippen LogP contribution is -2.33. The van der Waals surface area contributed by atoms with Crippen LogP contribution in [-0.2, 0) is 16.4 Å². The molecule has 4 nitrogen and oxygen atoms in total. The maximum Gasteiger partial charge on any atom is 0.279 e. The van der Waals surface area contributed by atoms with Crippen LogP contribution >= 0.6 is 0 Å². The molecule has 1 aliphatic carbocycles. The van der Waals surface area contributed by atoms with Gasteiger partial charge in [-0.1, -0.05) is 72.3 Å². The number of fused-ring (bicyclic) bond motifs is 1. The molecule has 5 heteroatoms. The molecule has 0 aliphatic heterocycles. The van der Waals surface area contributed by atoms with E-state index in [2.05, 4.69) is 11.2 Å². The molecule has 0 fully saturated rings. The van der Waals surface area contributed by atoms with Crippen LogP contribution in [0.1, 0.15) is 41.1 Å². The van der Waals surface area contributed by atoms with Gasteiger partial charge in [0.25, 0.3) is 10.0 Å². The lowest BCUT2D eigenvalue weighted by Gasteiger charge is -2.33. The van der Waals surface area contributed by atoms with Crippen molar-refractivity contribution in [2.45, 2.75) is 37.1 Å². The molecule has 0 aromatic heterocycles. The van der Waals surface area contributed by atoms with E-state index in [1.807, 2.05) is 67.6 Å². The Morgan fingerprint density at radius 3 is 2.38 bits per heavy atom. The van der Waals surface area contributed by atoms with Crippen LogP contribution in [0.2, 0.25) is 0 Å². The Kier molecular flexibility index (Phi) is 5.49. The van der Waals surface area contributed by atoms with Gasteiger partial charge in [0.2, 0.25) is 0 Å². The molecular formula is C24H24N2O2S. The van der Waals surface area contributed by atoms with Gasteiger partial charge in [-0.25, -0.2) is 0 Å². The van der Waals surface area contributed by atoms with E-state index < -0.39 is 10.0 Å². The number of aryl methyl sites for hydroxylation is 2. The maximum absolute atomic E-state index is 13.6. The van der Waals surface area contributed by atoms with Crippen LogP contribution in [0.4, 0.5) is 0 Å². The first-order valence-corrected chi connectivity index (χ1v) is 11.3. The molecule has 0 bridgehead atoms. The van der Waals surface area contributed by atoms with Crippen LogP contribution in [0.5, 0.6) is 0 Å². The first-order valence-electron chi connectivity index (χ1n) is 9.83. The van der Waals surface area contributed by atoms with Gasteiger partial charge in [0, 0.05) is 0 Å². The molecule has 1 aliphatic rings. The number of hydrazone groups is 1. The predicted molar refractivity (Wildman–Crippen MR) is 116 cm³/mol. The highest BCUT2D eigenvalue weighted by Gasteiger charge is 2.34. The zero-order chi connectivity index (χ0) is 20.3. The summed E-state index contributed by atoms with van der Waals surface area (Å²) in [6.45, 7) is 1.94. The van der Waals surface area contributed by atoms with Crippen molar-refractivity contribution in [3.8, 4) is 0 Å². The summed E-state index contributed by atoms with van der Waals surface area (Å²) in [7, 11) is -3.79. The maximum atomic E-state index is 13.6. The van der Waals surface area contributed by atoms with Crippen molar-refractivity contribution in [1.82, 2.24) is 4.41 Å². The summed E-state index contributed by atoms with van der Waals surface area (Å²) in [5.74, 6) is 0. The Hall–Kier alpha value is -2.92. The molecule has 3 aromatic carbocycles. The van der Waals surface area contributed by atoms with Gasteiger partial charge < -0.3 is 0 Å². The van der Waals surface area contributed by atoms with E-state index in [9.17, 15) is 8.42 Å². The number of sulfonamides is 1. The van der Waals surface area contributed by atoms with Crippen molar-refractivity contribution >= 4 is 16.2 Å². The quantitative estimate of drug-likeness (QED) is 0.439. The van der Waals surface area contributed by atoms with Crippen molar-refractivity contribution in [3.05, 3.63) is 101 Å². The van der Waals surface area contributed by atoms with Crippen LogP contribution in [0.3, 0.4) is 0 Å². The van der Waals surface area contributed by atoms with E-state index in [0.29, 0.717) is 0 Å². The zero-order valence-corrected chi connectivity index (χ0v) is 17.2. The molecule has 0 saturated heterocycles. The Bertz CT molecular complexity index is 1110. The fraction of sp³-hybridized carbons (Fsp3) is 0.208. The van der Waals surface area contributed by atoms with E-state index >= 15 is 0 Å². The minimum Gasteiger partial charge on any atom is -0.200 e. The van der Waals surface area contributed by atoms with Gasteiger partial charge in [-0.05, 0) is 55.0 Å². The highest BCUT2D eigenvalue weighted by atomic mass is 32.2. The Labute approximate surface area is 172 Å². The fourth-order valence-electron chi connectivity index (χ4n) is 3.75. The van der Waals surface area contributed by atoms with Crippen LogP contribution in [0, 0.1) is 6.92 Å². The van der Waals surface area contributed by atoms with Gasteiger partial charge in [0.05, 0.1) is 17.2 Å². The van der Waals surface area contributed by atoms with Crippen molar-refractivity contribution in [2.75, 3.05) is 0 Å². The first-order chi connectivity index (χ1) is 14.1. The molecule has 0 saturated carbocycles. The molecule has 0 N–H and O–H groups in total. The molecule has 1 atom stereocenters. The summed E-state index contributed by atoms with van der Waals surface area (Å²) < 4.78 is 28.5. The summed E-state index contributed by atoms with van der Waals surface area (Å²) in [6.07, 6.45) is 4.27. The van der Waals surface area contributed by atoms with E-state index in [-0.39, 0.29) is 10.9 Å². The molecule has 0 spiro atoms. The summed E-state index contributed by atoms with van der Waals surface area (Å²) in [6, 6.07) is 24.3. The van der Waals surface area contributed by atoms with Gasteiger partial charge in [0.15, 0.2) is 0 Å². The fourth-order valence-corrected chi connectivity index (χ4v) is 5.17. The van der Waals surface area contributed by atoms with Gasteiger partial charge >= 0.3 is 0 Å². The minimum atomic E-state index is -3.79. The standard InChI is InChI=1S/C24H24N2O2S/c1-19-14-16-22(17-15-19)29(27,28)26(25-18-20-8-3-2-4-9-20)24-13-7-11-21-10-5-6-12-23(21)24/h2-6,8-10,12,14-18,24H,7,11,13H2,1H3/b25-18+. The smallest absolute Gasteiger partial charge is 0.200 e. The number of nitrogens with zero attached hydrogens (tertiary/aromatic N) is 2. The first kappa shape index (κ1) is 19.4. The van der Waals surface area contributed by atoms with Crippen LogP contribution in [0.25, 0.3) is 0 Å². The van der Waals surface area contributed by atoms with E-state index in [1.54, 1.807) is 18.3 Å². The molecular weight excluding hydrogens is 380 g/mol. The van der Waals surface area contributed by atoms with Gasteiger partial charge in [0.1, 0.15) is 0 Å². The Balaban J connectivity index is 1.80. The summed E-state index contributed by atoms with van der Waals surface area (Å²) in [5.41, 5.74) is 4.12. The normalized spacial score (nSPS) is 16.5. The summed E-state index contributed by atoms with van der Waals surface area (Å²) in [4.78, 5) is 0.261. The van der Waals surface area contributed by atoms with Crippen molar-refractivity contribution in [2.24, 2.45) is 5.10 Å². The van der Waals surface area contributed by atoms with Crippen LogP contribution < -0.4 is 0 Å². The molecule has 4 rings (SSSR count). The SMILES string of the molecule is Cc1ccc(S(=O)(=O)N(/N=C/c2ccccc2)C2CCCc3ccccc32)cc1. The number of hydrogen-bond donors (Lipinski definition) is 0. The van der Waals surface area contributed by atoms with Gasteiger partial charge in [-0.15, -0.1) is 0 Å². The number of benzene rings is 3. The van der Waals surface area contributed by atoms with E-state index in [0.717, 1.165) is 36.0 Å². The number of hydrogen-bond acceptors (Lipinski definition) is 3. The molecule has 1 unspecified atom stereocenters. The summed E-state index contributed by atoms with van der Waals surface area (Å²) >= 11 is 0. The lowest BCUT2D eigenvalue weighted by atomic mass is 9.88. The second kappa shape index (κ2) is 8.21. The molecule has 29 heavy (non-hydrogen) atoms. The lowest BCUT2D eigenvalue weighted by molar-refractivity contribution is 0.306. The zero-order valence-electron chi connectivity index (χ0n) is 16.4. The van der Waals surface area contributed by atoms with Crippen LogP contribution in [0.15, 0.2) is 88.9 Å². The van der Waals surface area contributed by atoms with Crippen molar-refractivity contribution in [3.63, 3.8) is 0 Å². The van der Waals surface area contributed by atoms with Crippen molar-refractivity contribution in [1.29, 1.82) is 0 Å². The topological polar surface area (TPSA) is 49.7 Å². The largest absolute Gasteiger partial charge is 0.279 e. The molecule has 148 valence electrons. The average Bonchev–Trinajstić information content (AvgIpc) is 2.75. The molecule has 3 aromatic rings. The van der Waals surface area contributed by atoms with Crippen molar-refractivity contribution < 1.29 is 8.42 Å². The minimum absolute atomic E-state index is 0.261. The second-order valence-electron chi connectivity index (χ2n) is 7.35. The molecule has 0 heterocycles. The third-order valence-electron chi connectivity index (χ3n) is 5.29. The third kappa shape index (κ3) is 4.10. The van der Waals surface area contributed by atoms with Gasteiger partial charge in [-0.2, -0.15) is 17.9 Å². The number of rotatable bonds is 5. The van der Waals surface area contributed by atoms with Crippen LogP contribution in [-0.4, -0.2) is 19.0 Å². The highest BCUT2D eigenvalue weighted by Crippen LogP contribution is 2.37.